The summed E-state index contributed by atoms with van der Waals surface area (Å²) in [5, 5.41) is 8.32. The first kappa shape index (κ1) is 19.8. The van der Waals surface area contributed by atoms with Gasteiger partial charge in [0.2, 0.25) is 11.8 Å². The summed E-state index contributed by atoms with van der Waals surface area (Å²) in [4.78, 5) is 16.2. The molecule has 1 fully saturated rings. The number of benzene rings is 1. The highest BCUT2D eigenvalue weighted by Crippen LogP contribution is 2.22. The predicted molar refractivity (Wildman–Crippen MR) is 105 cm³/mol. The molecule has 0 bridgehead atoms. The maximum Gasteiger partial charge on any atom is 0.409 e. The Kier molecular flexibility index (Phi) is 6.84. The van der Waals surface area contributed by atoms with Crippen molar-refractivity contribution in [3.05, 3.63) is 34.6 Å². The van der Waals surface area contributed by atoms with Gasteiger partial charge in [-0.3, -0.25) is 4.90 Å². The molecule has 146 valence electrons. The number of hydrogen-bond acceptors (Lipinski definition) is 6. The van der Waals surface area contributed by atoms with Gasteiger partial charge in [0.1, 0.15) is 0 Å². The zero-order chi connectivity index (χ0) is 19.2. The van der Waals surface area contributed by atoms with E-state index >= 15 is 0 Å². The SMILES string of the molecule is CC(C)COC(=O)N1CCCN(Cc2nnc(-c3cccc(Br)c3)o2)CC1. The topological polar surface area (TPSA) is 71.7 Å². The van der Waals surface area contributed by atoms with Gasteiger partial charge in [0.05, 0.1) is 13.2 Å². The minimum atomic E-state index is -0.222. The number of amides is 1. The molecule has 7 nitrogen and oxygen atoms in total. The zero-order valence-corrected chi connectivity index (χ0v) is 17.3. The quantitative estimate of drug-likeness (QED) is 0.709. The molecule has 1 amide bonds. The van der Waals surface area contributed by atoms with Crippen molar-refractivity contribution < 1.29 is 13.9 Å². The number of ether oxygens (including phenoxy) is 1. The molecule has 1 aliphatic heterocycles. The maximum atomic E-state index is 12.1. The van der Waals surface area contributed by atoms with Crippen LogP contribution in [0.25, 0.3) is 11.5 Å². The van der Waals surface area contributed by atoms with E-state index in [1.54, 1.807) is 4.90 Å². The van der Waals surface area contributed by atoms with Gasteiger partial charge in [0.25, 0.3) is 0 Å². The highest BCUT2D eigenvalue weighted by molar-refractivity contribution is 9.10. The molecule has 0 radical (unpaired) electrons. The van der Waals surface area contributed by atoms with Crippen molar-refractivity contribution in [2.24, 2.45) is 5.92 Å². The van der Waals surface area contributed by atoms with Crippen molar-refractivity contribution >= 4 is 22.0 Å². The van der Waals surface area contributed by atoms with Crippen molar-refractivity contribution in [2.45, 2.75) is 26.8 Å². The summed E-state index contributed by atoms with van der Waals surface area (Å²) in [6.07, 6.45) is 0.670. The molecule has 1 saturated heterocycles. The second-order valence-electron chi connectivity index (χ2n) is 7.10. The minimum Gasteiger partial charge on any atom is -0.449 e. The lowest BCUT2D eigenvalue weighted by Gasteiger charge is -2.21. The third-order valence-electron chi connectivity index (χ3n) is 4.28. The van der Waals surface area contributed by atoms with Gasteiger partial charge in [-0.2, -0.15) is 0 Å². The van der Waals surface area contributed by atoms with E-state index in [-0.39, 0.29) is 6.09 Å². The van der Waals surface area contributed by atoms with E-state index in [0.29, 0.717) is 43.9 Å². The molecule has 27 heavy (non-hydrogen) atoms. The number of halogens is 1. The summed E-state index contributed by atoms with van der Waals surface area (Å²) in [6.45, 7) is 8.09. The minimum absolute atomic E-state index is 0.222. The number of rotatable bonds is 5. The van der Waals surface area contributed by atoms with Gasteiger partial charge in [-0.05, 0) is 30.5 Å². The molecule has 8 heteroatoms. The molecular weight excluding hydrogens is 412 g/mol. The van der Waals surface area contributed by atoms with E-state index < -0.39 is 0 Å². The number of hydrogen-bond donors (Lipinski definition) is 0. The fourth-order valence-electron chi connectivity index (χ4n) is 2.89. The van der Waals surface area contributed by atoms with Crippen LogP contribution in [0.1, 0.15) is 26.2 Å². The average Bonchev–Trinajstić information content (AvgIpc) is 2.98. The van der Waals surface area contributed by atoms with Crippen LogP contribution in [0.2, 0.25) is 0 Å². The summed E-state index contributed by atoms with van der Waals surface area (Å²) < 4.78 is 12.1. The van der Waals surface area contributed by atoms with Gasteiger partial charge >= 0.3 is 6.09 Å². The maximum absolute atomic E-state index is 12.1. The van der Waals surface area contributed by atoms with Crippen molar-refractivity contribution in [3.8, 4) is 11.5 Å². The lowest BCUT2D eigenvalue weighted by molar-refractivity contribution is 0.0929. The Bertz CT molecular complexity index is 765. The Balaban J connectivity index is 1.54. The third-order valence-corrected chi connectivity index (χ3v) is 4.78. The standard InChI is InChI=1S/C19H25BrN4O3/c1-14(2)13-26-19(25)24-8-4-7-23(9-10-24)12-17-21-22-18(27-17)15-5-3-6-16(20)11-15/h3,5-6,11,14H,4,7-10,12-13H2,1-2H3. The molecular formula is C19H25BrN4O3. The highest BCUT2D eigenvalue weighted by atomic mass is 79.9. The van der Waals surface area contributed by atoms with Crippen molar-refractivity contribution in [2.75, 3.05) is 32.8 Å². The van der Waals surface area contributed by atoms with Crippen LogP contribution in [0.3, 0.4) is 0 Å². The Labute approximate surface area is 167 Å². The van der Waals surface area contributed by atoms with E-state index in [1.165, 1.54) is 0 Å². The number of nitrogens with zero attached hydrogens (tertiary/aromatic N) is 4. The summed E-state index contributed by atoms with van der Waals surface area (Å²) in [5.41, 5.74) is 0.887. The van der Waals surface area contributed by atoms with E-state index in [2.05, 4.69) is 31.0 Å². The second-order valence-corrected chi connectivity index (χ2v) is 8.01. The van der Waals surface area contributed by atoms with E-state index in [1.807, 2.05) is 38.1 Å². The first-order valence-electron chi connectivity index (χ1n) is 9.23. The molecule has 2 heterocycles. The van der Waals surface area contributed by atoms with Gasteiger partial charge in [-0.15, -0.1) is 10.2 Å². The molecule has 1 aromatic heterocycles. The normalized spacial score (nSPS) is 15.8. The van der Waals surface area contributed by atoms with E-state index in [0.717, 1.165) is 29.5 Å². The van der Waals surface area contributed by atoms with E-state index in [4.69, 9.17) is 9.15 Å². The number of aromatic nitrogens is 2. The first-order valence-corrected chi connectivity index (χ1v) is 10.0. The molecule has 0 spiro atoms. The van der Waals surface area contributed by atoms with Crippen LogP contribution in [0.5, 0.6) is 0 Å². The van der Waals surface area contributed by atoms with Crippen LogP contribution in [0.4, 0.5) is 4.79 Å². The second kappa shape index (κ2) is 9.32. The third kappa shape index (κ3) is 5.77. The molecule has 3 rings (SSSR count). The van der Waals surface area contributed by atoms with Crippen LogP contribution in [0.15, 0.2) is 33.2 Å². The Morgan fingerprint density at radius 1 is 1.26 bits per heavy atom. The summed E-state index contributed by atoms with van der Waals surface area (Å²) in [6, 6.07) is 7.78. The molecule has 0 unspecified atom stereocenters. The fraction of sp³-hybridized carbons (Fsp3) is 0.526. The summed E-state index contributed by atoms with van der Waals surface area (Å²) in [7, 11) is 0. The molecule has 1 aliphatic rings. The van der Waals surface area contributed by atoms with Crippen molar-refractivity contribution in [1.82, 2.24) is 20.0 Å². The monoisotopic (exact) mass is 436 g/mol. The number of carbonyl (C=O) groups excluding carboxylic acids is 1. The Morgan fingerprint density at radius 3 is 2.89 bits per heavy atom. The van der Waals surface area contributed by atoms with Crippen molar-refractivity contribution in [1.29, 1.82) is 0 Å². The molecule has 2 aromatic rings. The van der Waals surface area contributed by atoms with Crippen LogP contribution in [-0.4, -0.2) is 58.9 Å². The van der Waals surface area contributed by atoms with E-state index in [9.17, 15) is 4.79 Å². The predicted octanol–water partition coefficient (Wildman–Crippen LogP) is 3.80. The number of carbonyl (C=O) groups is 1. The molecule has 1 aromatic carbocycles. The van der Waals surface area contributed by atoms with Gasteiger partial charge in [0.15, 0.2) is 0 Å². The van der Waals surface area contributed by atoms with Gasteiger partial charge in [0, 0.05) is 36.2 Å². The zero-order valence-electron chi connectivity index (χ0n) is 15.7. The first-order chi connectivity index (χ1) is 13.0. The Hall–Kier alpha value is -1.93. The van der Waals surface area contributed by atoms with Gasteiger partial charge in [-0.1, -0.05) is 35.8 Å². The smallest absolute Gasteiger partial charge is 0.409 e. The molecule has 0 atom stereocenters. The van der Waals surface area contributed by atoms with Crippen LogP contribution in [-0.2, 0) is 11.3 Å². The lowest BCUT2D eigenvalue weighted by Crippen LogP contribution is -2.36. The van der Waals surface area contributed by atoms with Gasteiger partial charge in [-0.25, -0.2) is 4.79 Å². The fourth-order valence-corrected chi connectivity index (χ4v) is 3.29. The van der Waals surface area contributed by atoms with Crippen molar-refractivity contribution in [3.63, 3.8) is 0 Å². The summed E-state index contributed by atoms with van der Waals surface area (Å²) in [5.74, 6) is 1.44. The van der Waals surface area contributed by atoms with Crippen LogP contribution in [0, 0.1) is 5.92 Å². The van der Waals surface area contributed by atoms with Gasteiger partial charge < -0.3 is 14.1 Å². The highest BCUT2D eigenvalue weighted by Gasteiger charge is 2.21. The average molecular weight is 437 g/mol. The lowest BCUT2D eigenvalue weighted by atomic mass is 10.2. The molecule has 0 saturated carbocycles. The molecule has 0 aliphatic carbocycles. The van der Waals surface area contributed by atoms with Crippen LogP contribution >= 0.6 is 15.9 Å². The van der Waals surface area contributed by atoms with Crippen LogP contribution < -0.4 is 0 Å². The molecule has 0 N–H and O–H groups in total. The summed E-state index contributed by atoms with van der Waals surface area (Å²) >= 11 is 3.45. The Morgan fingerprint density at radius 2 is 2.11 bits per heavy atom. The largest absolute Gasteiger partial charge is 0.449 e.